The summed E-state index contributed by atoms with van der Waals surface area (Å²) in [7, 11) is 1.97. The molecule has 2 unspecified atom stereocenters. The molecule has 2 fully saturated rings. The molecule has 0 aliphatic carbocycles. The molecule has 1 aromatic heterocycles. The van der Waals surface area contributed by atoms with Gasteiger partial charge in [0.1, 0.15) is 5.82 Å². The second-order valence-electron chi connectivity index (χ2n) is 5.03. The Labute approximate surface area is 116 Å². The fraction of sp³-hybridized carbons (Fsp3) is 0.615. The van der Waals surface area contributed by atoms with E-state index in [1.165, 1.54) is 18.4 Å². The highest BCUT2D eigenvalue weighted by Crippen LogP contribution is 2.31. The summed E-state index contributed by atoms with van der Waals surface area (Å²) in [5, 5.41) is 3.21. The van der Waals surface area contributed by atoms with Gasteiger partial charge in [0.05, 0.1) is 12.2 Å². The van der Waals surface area contributed by atoms with Crippen molar-refractivity contribution in [2.24, 2.45) is 0 Å². The highest BCUT2D eigenvalue weighted by atomic mass is 79.9. The van der Waals surface area contributed by atoms with Crippen LogP contribution in [-0.4, -0.2) is 37.3 Å². The van der Waals surface area contributed by atoms with Gasteiger partial charge < -0.3 is 15.0 Å². The smallest absolute Gasteiger partial charge is 0.133 e. The molecule has 0 saturated carbocycles. The highest BCUT2D eigenvalue weighted by molar-refractivity contribution is 9.10. The van der Waals surface area contributed by atoms with E-state index in [-0.39, 0.29) is 0 Å². The van der Waals surface area contributed by atoms with Crippen LogP contribution in [0.25, 0.3) is 0 Å². The SMILES string of the molecule is CNCc1cc(Br)cnc1N1CC2CCC(C1)O2. The minimum absolute atomic E-state index is 0.400. The topological polar surface area (TPSA) is 37.4 Å². The van der Waals surface area contributed by atoms with Crippen molar-refractivity contribution in [1.29, 1.82) is 0 Å². The Bertz CT molecular complexity index is 428. The van der Waals surface area contributed by atoms with Crippen molar-refractivity contribution in [2.75, 3.05) is 25.0 Å². The van der Waals surface area contributed by atoms with Gasteiger partial charge in [0, 0.05) is 35.9 Å². The Balaban J connectivity index is 1.86. The second-order valence-corrected chi connectivity index (χ2v) is 5.94. The Morgan fingerprint density at radius 3 is 2.83 bits per heavy atom. The number of hydrogen-bond acceptors (Lipinski definition) is 4. The van der Waals surface area contributed by atoms with E-state index >= 15 is 0 Å². The van der Waals surface area contributed by atoms with E-state index in [4.69, 9.17) is 4.74 Å². The molecule has 3 rings (SSSR count). The van der Waals surface area contributed by atoms with Gasteiger partial charge in [-0.05, 0) is 41.9 Å². The Kier molecular flexibility index (Phi) is 3.54. The zero-order valence-electron chi connectivity index (χ0n) is 10.5. The maximum Gasteiger partial charge on any atom is 0.133 e. The van der Waals surface area contributed by atoms with Gasteiger partial charge in [-0.2, -0.15) is 0 Å². The molecule has 4 nitrogen and oxygen atoms in total. The molecule has 2 aliphatic rings. The molecule has 98 valence electrons. The molecule has 5 heteroatoms. The first kappa shape index (κ1) is 12.4. The summed E-state index contributed by atoms with van der Waals surface area (Å²) in [5.41, 5.74) is 1.24. The molecule has 1 N–H and O–H groups in total. The van der Waals surface area contributed by atoms with Crippen LogP contribution in [0.4, 0.5) is 5.82 Å². The van der Waals surface area contributed by atoms with E-state index in [1.54, 1.807) is 0 Å². The van der Waals surface area contributed by atoms with Crippen molar-refractivity contribution in [3.05, 3.63) is 22.3 Å². The van der Waals surface area contributed by atoms with Crippen molar-refractivity contribution >= 4 is 21.7 Å². The van der Waals surface area contributed by atoms with Gasteiger partial charge in [-0.1, -0.05) is 0 Å². The van der Waals surface area contributed by atoms with Crippen LogP contribution in [0.5, 0.6) is 0 Å². The van der Waals surface area contributed by atoms with Crippen LogP contribution in [0, 0.1) is 0 Å². The predicted octanol–water partition coefficient (Wildman–Crippen LogP) is 1.93. The van der Waals surface area contributed by atoms with E-state index in [9.17, 15) is 0 Å². The van der Waals surface area contributed by atoms with Gasteiger partial charge >= 0.3 is 0 Å². The molecule has 2 saturated heterocycles. The van der Waals surface area contributed by atoms with E-state index < -0.39 is 0 Å². The summed E-state index contributed by atoms with van der Waals surface area (Å²) in [6, 6.07) is 2.15. The zero-order chi connectivity index (χ0) is 12.5. The van der Waals surface area contributed by atoms with Crippen LogP contribution >= 0.6 is 15.9 Å². The summed E-state index contributed by atoms with van der Waals surface area (Å²) in [6.45, 7) is 2.79. The fourth-order valence-electron chi connectivity index (χ4n) is 2.87. The van der Waals surface area contributed by atoms with Gasteiger partial charge in [0.25, 0.3) is 0 Å². The lowest BCUT2D eigenvalue weighted by atomic mass is 10.2. The van der Waals surface area contributed by atoms with Crippen LogP contribution in [-0.2, 0) is 11.3 Å². The number of hydrogen-bond donors (Lipinski definition) is 1. The van der Waals surface area contributed by atoms with Gasteiger partial charge in [-0.15, -0.1) is 0 Å². The van der Waals surface area contributed by atoms with E-state index in [2.05, 4.69) is 37.2 Å². The fourth-order valence-corrected chi connectivity index (χ4v) is 3.25. The molecular formula is C13H18BrN3O. The first-order chi connectivity index (χ1) is 8.76. The number of fused-ring (bicyclic) bond motifs is 2. The number of ether oxygens (including phenoxy) is 1. The van der Waals surface area contributed by atoms with Crippen LogP contribution in [0.15, 0.2) is 16.7 Å². The van der Waals surface area contributed by atoms with Gasteiger partial charge in [-0.3, -0.25) is 0 Å². The minimum Gasteiger partial charge on any atom is -0.371 e. The van der Waals surface area contributed by atoms with Crippen molar-refractivity contribution < 1.29 is 4.74 Å². The molecule has 1 aromatic rings. The number of nitrogens with zero attached hydrogens (tertiary/aromatic N) is 2. The van der Waals surface area contributed by atoms with E-state index in [0.29, 0.717) is 12.2 Å². The summed E-state index contributed by atoms with van der Waals surface area (Å²) >= 11 is 3.49. The number of anilines is 1. The summed E-state index contributed by atoms with van der Waals surface area (Å²) in [6.07, 6.45) is 5.07. The third-order valence-electron chi connectivity index (χ3n) is 3.62. The van der Waals surface area contributed by atoms with Crippen LogP contribution < -0.4 is 10.2 Å². The highest BCUT2D eigenvalue weighted by Gasteiger charge is 2.34. The zero-order valence-corrected chi connectivity index (χ0v) is 12.1. The molecule has 0 aromatic carbocycles. The monoisotopic (exact) mass is 311 g/mol. The molecule has 18 heavy (non-hydrogen) atoms. The average molecular weight is 312 g/mol. The normalized spacial score (nSPS) is 26.7. The van der Waals surface area contributed by atoms with Gasteiger partial charge in [0.2, 0.25) is 0 Å². The van der Waals surface area contributed by atoms with Crippen LogP contribution in [0.1, 0.15) is 18.4 Å². The maximum atomic E-state index is 5.88. The number of morpholine rings is 1. The Morgan fingerprint density at radius 1 is 1.44 bits per heavy atom. The largest absolute Gasteiger partial charge is 0.371 e. The van der Waals surface area contributed by atoms with Gasteiger partial charge in [-0.25, -0.2) is 4.98 Å². The summed E-state index contributed by atoms with van der Waals surface area (Å²) in [4.78, 5) is 6.98. The third kappa shape index (κ3) is 2.39. The number of halogens is 1. The lowest BCUT2D eigenvalue weighted by Gasteiger charge is -2.34. The number of aromatic nitrogens is 1. The minimum atomic E-state index is 0.400. The predicted molar refractivity (Wildman–Crippen MR) is 74.8 cm³/mol. The van der Waals surface area contributed by atoms with E-state index in [1.807, 2.05) is 13.2 Å². The van der Waals surface area contributed by atoms with Gasteiger partial charge in [0.15, 0.2) is 0 Å². The quantitative estimate of drug-likeness (QED) is 0.925. The number of rotatable bonds is 3. The Morgan fingerprint density at radius 2 is 2.17 bits per heavy atom. The second kappa shape index (κ2) is 5.15. The average Bonchev–Trinajstić information content (AvgIpc) is 2.69. The molecule has 0 amide bonds. The van der Waals surface area contributed by atoms with Crippen LogP contribution in [0.3, 0.4) is 0 Å². The van der Waals surface area contributed by atoms with Crippen molar-refractivity contribution in [1.82, 2.24) is 10.3 Å². The molecule has 2 aliphatic heterocycles. The summed E-state index contributed by atoms with van der Waals surface area (Å²) < 4.78 is 6.91. The maximum absolute atomic E-state index is 5.88. The Hall–Kier alpha value is -0.650. The van der Waals surface area contributed by atoms with Crippen molar-refractivity contribution in [2.45, 2.75) is 31.6 Å². The van der Waals surface area contributed by atoms with Crippen molar-refractivity contribution in [3.63, 3.8) is 0 Å². The molecule has 2 bridgehead atoms. The lowest BCUT2D eigenvalue weighted by molar-refractivity contribution is 0.0301. The number of pyridine rings is 1. The first-order valence-electron chi connectivity index (χ1n) is 6.45. The molecule has 2 atom stereocenters. The standard InChI is InChI=1S/C13H18BrN3O/c1-15-5-9-4-10(14)6-16-13(9)17-7-11-2-3-12(8-17)18-11/h4,6,11-12,15H,2-3,5,7-8H2,1H3. The van der Waals surface area contributed by atoms with E-state index in [0.717, 1.165) is 29.9 Å². The molecular weight excluding hydrogens is 294 g/mol. The van der Waals surface area contributed by atoms with Crippen LogP contribution in [0.2, 0.25) is 0 Å². The molecule has 0 radical (unpaired) electrons. The third-order valence-corrected chi connectivity index (χ3v) is 4.05. The lowest BCUT2D eigenvalue weighted by Crippen LogP contribution is -2.43. The first-order valence-corrected chi connectivity index (χ1v) is 7.25. The molecule has 3 heterocycles. The van der Waals surface area contributed by atoms with Crippen molar-refractivity contribution in [3.8, 4) is 0 Å². The molecule has 0 spiro atoms. The number of nitrogens with one attached hydrogen (secondary N) is 1. The summed E-state index contributed by atoms with van der Waals surface area (Å²) in [5.74, 6) is 1.10.